The number of ether oxygens (including phenoxy) is 5. The van der Waals surface area contributed by atoms with E-state index in [1.54, 1.807) is 40.7 Å². The number of hydrogen-bond donors (Lipinski definition) is 5. The Kier molecular flexibility index (Phi) is 19.2. The minimum absolute atomic E-state index is 0.0119. The number of aliphatic hydroxyl groups excluding tert-OH is 2. The zero-order chi connectivity index (χ0) is 43.4. The van der Waals surface area contributed by atoms with Crippen LogP contribution in [0, 0.1) is 17.8 Å². The maximum atomic E-state index is 14.2. The molecule has 5 N–H and O–H groups in total. The van der Waals surface area contributed by atoms with E-state index in [0.29, 0.717) is 19.5 Å². The number of amides is 1. The van der Waals surface area contributed by atoms with Gasteiger partial charge in [-0.3, -0.25) is 14.4 Å². The van der Waals surface area contributed by atoms with Crippen molar-refractivity contribution >= 4 is 17.8 Å². The SMILES string of the molecule is C=CCO[C@]1(C)C[C@@H](C)NC(=O)[C@H](C)[C@@H](O)[C@](C)(O)[C@@H](CC)OC(=O)[C@H](C)[C@@H](OC(=O)CCNCCCc2ccccc2)[C@H](C)[C@H]1O[C@@H]1O[C@H](C)C[C@H](N(C)C)[C@H]1O. The van der Waals surface area contributed by atoms with Crippen LogP contribution in [-0.4, -0.2) is 138 Å². The van der Waals surface area contributed by atoms with Crippen LogP contribution in [0.3, 0.4) is 0 Å². The van der Waals surface area contributed by atoms with Crippen molar-refractivity contribution in [2.75, 3.05) is 33.8 Å². The van der Waals surface area contributed by atoms with Gasteiger partial charge in [0.15, 0.2) is 6.29 Å². The first-order valence-corrected chi connectivity index (χ1v) is 21.0. The number of rotatable bonds is 15. The van der Waals surface area contributed by atoms with Gasteiger partial charge in [0.05, 0.1) is 48.8 Å². The highest BCUT2D eigenvalue weighted by Crippen LogP contribution is 2.38. The van der Waals surface area contributed by atoms with Crippen molar-refractivity contribution in [1.29, 1.82) is 0 Å². The van der Waals surface area contributed by atoms with Crippen molar-refractivity contribution in [1.82, 2.24) is 15.5 Å². The largest absolute Gasteiger partial charge is 0.461 e. The van der Waals surface area contributed by atoms with Crippen LogP contribution in [0.2, 0.25) is 0 Å². The summed E-state index contributed by atoms with van der Waals surface area (Å²) >= 11 is 0. The summed E-state index contributed by atoms with van der Waals surface area (Å²) in [6, 6.07) is 9.26. The van der Waals surface area contributed by atoms with Gasteiger partial charge in [-0.05, 0) is 92.9 Å². The van der Waals surface area contributed by atoms with Crippen molar-refractivity contribution in [2.24, 2.45) is 17.8 Å². The van der Waals surface area contributed by atoms with Gasteiger partial charge in [-0.2, -0.15) is 0 Å². The second kappa shape index (κ2) is 22.6. The van der Waals surface area contributed by atoms with E-state index in [2.05, 4.69) is 29.3 Å². The van der Waals surface area contributed by atoms with Crippen LogP contribution >= 0.6 is 0 Å². The maximum Gasteiger partial charge on any atom is 0.312 e. The molecule has 2 heterocycles. The minimum atomic E-state index is -2.02. The third-order valence-corrected chi connectivity index (χ3v) is 11.9. The van der Waals surface area contributed by atoms with Crippen LogP contribution < -0.4 is 10.6 Å². The number of aliphatic hydroxyl groups is 3. The summed E-state index contributed by atoms with van der Waals surface area (Å²) in [6.07, 6.45) is -3.36. The number of cyclic esters (lactones) is 1. The smallest absolute Gasteiger partial charge is 0.312 e. The van der Waals surface area contributed by atoms with Gasteiger partial charge in [0, 0.05) is 24.5 Å². The van der Waals surface area contributed by atoms with Crippen LogP contribution in [0.1, 0.15) is 93.1 Å². The second-order valence-corrected chi connectivity index (χ2v) is 17.1. The lowest BCUT2D eigenvalue weighted by Gasteiger charge is -2.48. The molecule has 0 saturated carbocycles. The van der Waals surface area contributed by atoms with Gasteiger partial charge in [0.25, 0.3) is 0 Å². The normalized spacial score (nSPS) is 36.9. The fraction of sp³-hybridized carbons (Fsp3) is 0.750. The highest BCUT2D eigenvalue weighted by atomic mass is 16.7. The fourth-order valence-electron chi connectivity index (χ4n) is 8.43. The topological polar surface area (TPSA) is 185 Å². The molecule has 1 aromatic rings. The number of hydrogen-bond acceptors (Lipinski definition) is 13. The Morgan fingerprint density at radius 2 is 1.74 bits per heavy atom. The van der Waals surface area contributed by atoms with Crippen molar-refractivity contribution < 1.29 is 53.4 Å². The summed E-state index contributed by atoms with van der Waals surface area (Å²) in [7, 11) is 3.74. The van der Waals surface area contributed by atoms with E-state index in [1.165, 1.54) is 19.4 Å². The lowest BCUT2D eigenvalue weighted by atomic mass is 9.78. The third-order valence-electron chi connectivity index (χ3n) is 11.9. The fourth-order valence-corrected chi connectivity index (χ4v) is 8.43. The van der Waals surface area contributed by atoms with Gasteiger partial charge in [-0.25, -0.2) is 0 Å². The van der Waals surface area contributed by atoms with E-state index < -0.39 is 89.7 Å². The van der Waals surface area contributed by atoms with Crippen molar-refractivity contribution in [3.8, 4) is 0 Å². The molecule has 14 heteroatoms. The third kappa shape index (κ3) is 13.3. The van der Waals surface area contributed by atoms with E-state index in [1.807, 2.05) is 44.1 Å². The average Bonchev–Trinajstić information content (AvgIpc) is 3.18. The monoisotopic (exact) mass is 820 g/mol. The number of likely N-dealkylation sites (N-methyl/N-ethyl adjacent to an activating group) is 1. The van der Waals surface area contributed by atoms with Gasteiger partial charge in [0.1, 0.15) is 23.9 Å². The predicted molar refractivity (Wildman–Crippen MR) is 221 cm³/mol. The van der Waals surface area contributed by atoms with Crippen LogP contribution in [-0.2, 0) is 44.5 Å². The summed E-state index contributed by atoms with van der Waals surface area (Å²) in [4.78, 5) is 43.5. The number of carbonyl (C=O) groups excluding carboxylic acids is 3. The molecule has 0 unspecified atom stereocenters. The molecule has 0 spiro atoms. The highest BCUT2D eigenvalue weighted by molar-refractivity contribution is 5.79. The molecule has 58 heavy (non-hydrogen) atoms. The molecule has 2 aliphatic heterocycles. The maximum absolute atomic E-state index is 14.2. The zero-order valence-corrected chi connectivity index (χ0v) is 36.5. The van der Waals surface area contributed by atoms with E-state index in [9.17, 15) is 29.7 Å². The van der Waals surface area contributed by atoms with Crippen molar-refractivity contribution in [3.63, 3.8) is 0 Å². The summed E-state index contributed by atoms with van der Waals surface area (Å²) in [5.74, 6) is -4.91. The van der Waals surface area contributed by atoms with Crippen LogP contribution in [0.15, 0.2) is 43.0 Å². The first kappa shape index (κ1) is 49.4. The van der Waals surface area contributed by atoms with Gasteiger partial charge in [0.2, 0.25) is 5.91 Å². The standard InChI is InChI=1S/C44H73N3O11/c1-12-24-54-43(8)26-27(3)46-40(51)31(7)38(50)44(9,53)34(13-2)56-41(52)30(6)37(57-35(48)21-23-45-22-17-20-32-18-15-14-16-19-32)29(5)39(43)58-42-36(49)33(47(10)11)25-28(4)55-42/h12,14-16,18-19,27-31,33-34,36-39,42,45,49-50,53H,1,13,17,20-26H2,2-11H3,(H,46,51)/t27-,28-,29+,30-,31-,33+,34-,36-,37+,38-,39-,42+,43-,44-/m1/s1. The van der Waals surface area contributed by atoms with E-state index in [4.69, 9.17) is 23.7 Å². The van der Waals surface area contributed by atoms with E-state index >= 15 is 0 Å². The Bertz CT molecular complexity index is 1450. The first-order valence-electron chi connectivity index (χ1n) is 21.0. The van der Waals surface area contributed by atoms with Crippen LogP contribution in [0.5, 0.6) is 0 Å². The van der Waals surface area contributed by atoms with E-state index in [0.717, 1.165) is 12.8 Å². The highest BCUT2D eigenvalue weighted by Gasteiger charge is 2.52. The lowest BCUT2D eigenvalue weighted by Crippen LogP contribution is -2.60. The zero-order valence-electron chi connectivity index (χ0n) is 36.5. The number of aryl methyl sites for hydroxylation is 1. The molecule has 0 bridgehead atoms. The average molecular weight is 820 g/mol. The molecule has 2 saturated heterocycles. The summed E-state index contributed by atoms with van der Waals surface area (Å²) in [5, 5.41) is 40.9. The lowest BCUT2D eigenvalue weighted by molar-refractivity contribution is -0.302. The Labute approximate surface area is 346 Å². The van der Waals surface area contributed by atoms with E-state index in [-0.39, 0.29) is 38.0 Å². The number of carbonyl (C=O) groups is 3. The molecule has 0 aliphatic carbocycles. The molecule has 14 nitrogen and oxygen atoms in total. The van der Waals surface area contributed by atoms with Gasteiger partial charge >= 0.3 is 11.9 Å². The molecule has 1 amide bonds. The quantitative estimate of drug-likeness (QED) is 0.0985. The predicted octanol–water partition coefficient (Wildman–Crippen LogP) is 3.53. The number of nitrogens with zero attached hydrogens (tertiary/aromatic N) is 1. The van der Waals surface area contributed by atoms with Crippen LogP contribution in [0.4, 0.5) is 0 Å². The molecule has 0 aromatic heterocycles. The molecule has 3 rings (SSSR count). The van der Waals surface area contributed by atoms with Gasteiger partial charge in [-0.15, -0.1) is 6.58 Å². The summed E-state index contributed by atoms with van der Waals surface area (Å²) in [5.41, 5.74) is -2.07. The summed E-state index contributed by atoms with van der Waals surface area (Å²) < 4.78 is 31.8. The molecule has 330 valence electrons. The van der Waals surface area contributed by atoms with Crippen molar-refractivity contribution in [3.05, 3.63) is 48.6 Å². The number of nitrogens with one attached hydrogen (secondary N) is 2. The molecule has 1 aromatic carbocycles. The summed E-state index contributed by atoms with van der Waals surface area (Å²) in [6.45, 7) is 18.3. The van der Waals surface area contributed by atoms with Gasteiger partial charge < -0.3 is 54.5 Å². The Balaban J connectivity index is 2.07. The van der Waals surface area contributed by atoms with Crippen molar-refractivity contribution in [2.45, 2.75) is 160 Å². The van der Waals surface area contributed by atoms with Gasteiger partial charge in [-0.1, -0.05) is 57.2 Å². The molecular formula is C44H73N3O11. The number of benzene rings is 1. The second-order valence-electron chi connectivity index (χ2n) is 17.1. The molecule has 14 atom stereocenters. The Morgan fingerprint density at radius 1 is 1.07 bits per heavy atom. The molecule has 0 radical (unpaired) electrons. The number of esters is 2. The Morgan fingerprint density at radius 3 is 2.36 bits per heavy atom. The first-order chi connectivity index (χ1) is 27.3. The Hall–Kier alpha value is -2.95. The minimum Gasteiger partial charge on any atom is -0.461 e. The molecule has 2 aliphatic rings. The molecule has 2 fully saturated rings. The molecular weight excluding hydrogens is 746 g/mol. The van der Waals surface area contributed by atoms with Crippen LogP contribution in [0.25, 0.3) is 0 Å².